The molecule has 108 valence electrons. The minimum absolute atomic E-state index is 0.00592. The van der Waals surface area contributed by atoms with Gasteiger partial charge in [0.25, 0.3) is 0 Å². The summed E-state index contributed by atoms with van der Waals surface area (Å²) in [6.07, 6.45) is 1.58. The Labute approximate surface area is 112 Å². The molecule has 3 amide bonds. The Kier molecular flexibility index (Phi) is 5.14. The summed E-state index contributed by atoms with van der Waals surface area (Å²) in [6, 6.07) is -0.364. The van der Waals surface area contributed by atoms with Crippen molar-refractivity contribution in [1.82, 2.24) is 16.0 Å². The van der Waals surface area contributed by atoms with E-state index in [0.29, 0.717) is 19.4 Å². The SMILES string of the molecule is CC(C)(CCC(=O)O)NC(=O)NCC1CCC(=O)N1. The number of rotatable bonds is 6. The maximum absolute atomic E-state index is 11.7. The predicted molar refractivity (Wildman–Crippen MR) is 68.6 cm³/mol. The van der Waals surface area contributed by atoms with Gasteiger partial charge in [-0.3, -0.25) is 9.59 Å². The standard InChI is InChI=1S/C12H21N3O4/c1-12(2,6-5-10(17)18)15-11(19)13-7-8-3-4-9(16)14-8/h8H,3-7H2,1-2H3,(H,14,16)(H,17,18)(H2,13,15,19). The van der Waals surface area contributed by atoms with Crippen molar-refractivity contribution in [2.24, 2.45) is 0 Å². The second-order valence-corrected chi connectivity index (χ2v) is 5.42. The average Bonchev–Trinajstić information content (AvgIpc) is 2.69. The van der Waals surface area contributed by atoms with Crippen LogP contribution in [0.25, 0.3) is 0 Å². The van der Waals surface area contributed by atoms with E-state index < -0.39 is 11.5 Å². The van der Waals surface area contributed by atoms with Crippen LogP contribution in [0.15, 0.2) is 0 Å². The van der Waals surface area contributed by atoms with E-state index in [4.69, 9.17) is 5.11 Å². The molecule has 0 aromatic heterocycles. The number of hydrogen-bond acceptors (Lipinski definition) is 3. The lowest BCUT2D eigenvalue weighted by Gasteiger charge is -2.26. The summed E-state index contributed by atoms with van der Waals surface area (Å²) in [5, 5.41) is 16.8. The topological polar surface area (TPSA) is 108 Å². The van der Waals surface area contributed by atoms with E-state index >= 15 is 0 Å². The first-order chi connectivity index (χ1) is 8.78. The molecule has 4 N–H and O–H groups in total. The molecular weight excluding hydrogens is 250 g/mol. The zero-order valence-electron chi connectivity index (χ0n) is 11.3. The zero-order chi connectivity index (χ0) is 14.5. The van der Waals surface area contributed by atoms with Gasteiger partial charge in [0.1, 0.15) is 0 Å². The first kappa shape index (κ1) is 15.3. The third kappa shape index (κ3) is 6.08. The molecular formula is C12H21N3O4. The first-order valence-corrected chi connectivity index (χ1v) is 6.36. The molecule has 0 radical (unpaired) electrons. The van der Waals surface area contributed by atoms with Crippen molar-refractivity contribution in [3.8, 4) is 0 Å². The van der Waals surface area contributed by atoms with Crippen molar-refractivity contribution < 1.29 is 19.5 Å². The number of nitrogens with one attached hydrogen (secondary N) is 3. The molecule has 1 heterocycles. The van der Waals surface area contributed by atoms with Crippen LogP contribution in [-0.4, -0.2) is 41.1 Å². The second-order valence-electron chi connectivity index (χ2n) is 5.42. The number of amides is 3. The molecule has 19 heavy (non-hydrogen) atoms. The fraction of sp³-hybridized carbons (Fsp3) is 0.750. The number of carbonyl (C=O) groups excluding carboxylic acids is 2. The van der Waals surface area contributed by atoms with Crippen LogP contribution < -0.4 is 16.0 Å². The molecule has 1 aliphatic heterocycles. The quantitative estimate of drug-likeness (QED) is 0.553. The molecule has 1 rings (SSSR count). The highest BCUT2D eigenvalue weighted by molar-refractivity contribution is 5.79. The number of urea groups is 1. The lowest BCUT2D eigenvalue weighted by Crippen LogP contribution is -2.50. The maximum Gasteiger partial charge on any atom is 0.315 e. The van der Waals surface area contributed by atoms with Crippen molar-refractivity contribution in [3.63, 3.8) is 0 Å². The molecule has 1 fully saturated rings. The Bertz CT molecular complexity index is 368. The van der Waals surface area contributed by atoms with Gasteiger partial charge in [-0.2, -0.15) is 0 Å². The van der Waals surface area contributed by atoms with Gasteiger partial charge in [0.15, 0.2) is 0 Å². The Morgan fingerprint density at radius 1 is 1.47 bits per heavy atom. The third-order valence-corrected chi connectivity index (χ3v) is 3.01. The lowest BCUT2D eigenvalue weighted by atomic mass is 9.99. The van der Waals surface area contributed by atoms with Crippen LogP contribution >= 0.6 is 0 Å². The largest absolute Gasteiger partial charge is 0.481 e. The van der Waals surface area contributed by atoms with E-state index in [1.807, 2.05) is 0 Å². The Hall–Kier alpha value is -1.79. The molecule has 1 atom stereocenters. The van der Waals surface area contributed by atoms with Crippen molar-refractivity contribution in [2.45, 2.75) is 51.1 Å². The molecule has 0 spiro atoms. The summed E-state index contributed by atoms with van der Waals surface area (Å²) in [6.45, 7) is 3.92. The molecule has 0 aromatic carbocycles. The third-order valence-electron chi connectivity index (χ3n) is 3.01. The van der Waals surface area contributed by atoms with Crippen LogP contribution in [0.3, 0.4) is 0 Å². The lowest BCUT2D eigenvalue weighted by molar-refractivity contribution is -0.137. The molecule has 1 aliphatic rings. The van der Waals surface area contributed by atoms with Crippen LogP contribution in [0.2, 0.25) is 0 Å². The van der Waals surface area contributed by atoms with Crippen LogP contribution in [0.5, 0.6) is 0 Å². The van der Waals surface area contributed by atoms with Gasteiger partial charge in [0.2, 0.25) is 5.91 Å². The maximum atomic E-state index is 11.7. The van der Waals surface area contributed by atoms with Crippen LogP contribution in [0, 0.1) is 0 Å². The van der Waals surface area contributed by atoms with Gasteiger partial charge >= 0.3 is 12.0 Å². The minimum atomic E-state index is -0.885. The number of aliphatic carboxylic acids is 1. The molecule has 0 aliphatic carbocycles. The zero-order valence-corrected chi connectivity index (χ0v) is 11.3. The van der Waals surface area contributed by atoms with Gasteiger partial charge in [-0.25, -0.2) is 4.79 Å². The van der Waals surface area contributed by atoms with Crippen molar-refractivity contribution >= 4 is 17.9 Å². The Morgan fingerprint density at radius 3 is 2.68 bits per heavy atom. The van der Waals surface area contributed by atoms with Gasteiger partial charge in [-0.15, -0.1) is 0 Å². The van der Waals surface area contributed by atoms with Crippen LogP contribution in [0.1, 0.15) is 39.5 Å². The molecule has 1 unspecified atom stereocenters. The van der Waals surface area contributed by atoms with Gasteiger partial charge in [-0.05, 0) is 26.7 Å². The van der Waals surface area contributed by atoms with Crippen molar-refractivity contribution in [1.29, 1.82) is 0 Å². The van der Waals surface area contributed by atoms with E-state index in [-0.39, 0.29) is 24.4 Å². The normalized spacial score (nSPS) is 18.8. The highest BCUT2D eigenvalue weighted by atomic mass is 16.4. The van der Waals surface area contributed by atoms with Gasteiger partial charge < -0.3 is 21.1 Å². The van der Waals surface area contributed by atoms with E-state index in [2.05, 4.69) is 16.0 Å². The number of carboxylic acid groups (broad SMARTS) is 1. The molecule has 0 bridgehead atoms. The first-order valence-electron chi connectivity index (χ1n) is 6.36. The predicted octanol–water partition coefficient (Wildman–Crippen LogP) is 0.208. The molecule has 7 heteroatoms. The van der Waals surface area contributed by atoms with Crippen LogP contribution in [-0.2, 0) is 9.59 Å². The van der Waals surface area contributed by atoms with Crippen molar-refractivity contribution in [3.05, 3.63) is 0 Å². The van der Waals surface area contributed by atoms with Crippen molar-refractivity contribution in [2.75, 3.05) is 6.54 Å². The van der Waals surface area contributed by atoms with Gasteiger partial charge in [-0.1, -0.05) is 0 Å². The summed E-state index contributed by atoms with van der Waals surface area (Å²) in [4.78, 5) is 33.1. The van der Waals surface area contributed by atoms with E-state index in [9.17, 15) is 14.4 Å². The summed E-state index contributed by atoms with van der Waals surface area (Å²) in [7, 11) is 0. The van der Waals surface area contributed by atoms with Crippen LogP contribution in [0.4, 0.5) is 4.79 Å². The summed E-state index contributed by atoms with van der Waals surface area (Å²) >= 11 is 0. The molecule has 7 nitrogen and oxygen atoms in total. The van der Waals surface area contributed by atoms with Gasteiger partial charge in [0, 0.05) is 31.0 Å². The highest BCUT2D eigenvalue weighted by Crippen LogP contribution is 2.11. The average molecular weight is 271 g/mol. The number of carbonyl (C=O) groups is 3. The number of carboxylic acids is 1. The molecule has 0 aromatic rings. The summed E-state index contributed by atoms with van der Waals surface area (Å²) in [5.41, 5.74) is -0.582. The second kappa shape index (κ2) is 6.40. The summed E-state index contributed by atoms with van der Waals surface area (Å²) in [5.74, 6) is -0.877. The van der Waals surface area contributed by atoms with E-state index in [1.54, 1.807) is 13.8 Å². The summed E-state index contributed by atoms with van der Waals surface area (Å²) < 4.78 is 0. The minimum Gasteiger partial charge on any atom is -0.481 e. The fourth-order valence-electron chi connectivity index (χ4n) is 1.88. The molecule has 1 saturated heterocycles. The smallest absolute Gasteiger partial charge is 0.315 e. The molecule has 0 saturated carbocycles. The number of hydrogen-bond donors (Lipinski definition) is 4. The van der Waals surface area contributed by atoms with Gasteiger partial charge in [0.05, 0.1) is 0 Å². The van der Waals surface area contributed by atoms with E-state index in [1.165, 1.54) is 0 Å². The van der Waals surface area contributed by atoms with E-state index in [0.717, 1.165) is 6.42 Å². The monoisotopic (exact) mass is 271 g/mol. The fourth-order valence-corrected chi connectivity index (χ4v) is 1.88. The Morgan fingerprint density at radius 2 is 2.16 bits per heavy atom. The highest BCUT2D eigenvalue weighted by Gasteiger charge is 2.24. The Balaban J connectivity index is 2.25.